The number of nitrogens with zero attached hydrogens (tertiary/aromatic N) is 2. The van der Waals surface area contributed by atoms with E-state index in [1.807, 2.05) is 0 Å². The summed E-state index contributed by atoms with van der Waals surface area (Å²) in [6.07, 6.45) is 4.81. The molecule has 0 bridgehead atoms. The van der Waals surface area contributed by atoms with E-state index >= 15 is 0 Å². The molecule has 1 unspecified atom stereocenters. The smallest absolute Gasteiger partial charge is 0.254 e. The molecule has 1 aromatic heterocycles. The van der Waals surface area contributed by atoms with Gasteiger partial charge in [0.05, 0.1) is 5.92 Å². The van der Waals surface area contributed by atoms with E-state index in [0.717, 1.165) is 25.8 Å². The van der Waals surface area contributed by atoms with E-state index < -0.39 is 0 Å². The zero-order valence-electron chi connectivity index (χ0n) is 11.1. The van der Waals surface area contributed by atoms with Crippen LogP contribution in [0.4, 0.5) is 0 Å². The first-order valence-electron chi connectivity index (χ1n) is 6.68. The van der Waals surface area contributed by atoms with Gasteiger partial charge in [-0.2, -0.15) is 0 Å². The summed E-state index contributed by atoms with van der Waals surface area (Å²) in [7, 11) is 0. The Labute approximate surface area is 116 Å². The molecule has 1 aromatic rings. The lowest BCUT2D eigenvalue weighted by molar-refractivity contribution is -0.124. The topological polar surface area (TPSA) is 64.0 Å². The van der Waals surface area contributed by atoms with Gasteiger partial charge in [-0.3, -0.25) is 14.2 Å². The minimum absolute atomic E-state index is 0.0463. The molecule has 1 atom stereocenters. The molecule has 2 heterocycles. The highest BCUT2D eigenvalue weighted by molar-refractivity contribution is 7.99. The van der Waals surface area contributed by atoms with Gasteiger partial charge in [0.25, 0.3) is 5.56 Å². The summed E-state index contributed by atoms with van der Waals surface area (Å²) in [6, 6.07) is 1.44. The molecule has 0 saturated carbocycles. The fourth-order valence-corrected chi connectivity index (χ4v) is 3.10. The number of fused-ring (bicyclic) bond motifs is 1. The summed E-state index contributed by atoms with van der Waals surface area (Å²) in [5, 5.41) is 3.66. The first kappa shape index (κ1) is 14.1. The zero-order valence-corrected chi connectivity index (χ0v) is 11.9. The maximum absolute atomic E-state index is 12.0. The summed E-state index contributed by atoms with van der Waals surface area (Å²) < 4.78 is 1.59. The lowest BCUT2D eigenvalue weighted by atomic mass is 10.1. The van der Waals surface area contributed by atoms with Crippen molar-refractivity contribution in [3.63, 3.8) is 0 Å². The molecule has 1 amide bonds. The number of carbonyl (C=O) groups is 1. The Kier molecular flexibility index (Phi) is 5.01. The molecule has 1 aliphatic rings. The predicted octanol–water partition coefficient (Wildman–Crippen LogP) is 1.27. The van der Waals surface area contributed by atoms with Crippen LogP contribution in [0.2, 0.25) is 0 Å². The van der Waals surface area contributed by atoms with E-state index in [0.29, 0.717) is 17.5 Å². The number of aromatic nitrogens is 2. The number of hydrogen-bond acceptors (Lipinski definition) is 4. The van der Waals surface area contributed by atoms with Crippen LogP contribution in [0, 0.1) is 5.92 Å². The SMILES string of the molecule is CCCCCNC(=O)C1CSc2nccc(=O)n2C1. The number of nitrogens with one attached hydrogen (secondary N) is 1. The molecule has 6 heteroatoms. The largest absolute Gasteiger partial charge is 0.356 e. The van der Waals surface area contributed by atoms with E-state index in [1.165, 1.54) is 24.0 Å². The Balaban J connectivity index is 1.92. The van der Waals surface area contributed by atoms with Crippen molar-refractivity contribution in [2.45, 2.75) is 37.9 Å². The normalized spacial score (nSPS) is 17.8. The molecule has 0 saturated heterocycles. The second-order valence-corrected chi connectivity index (χ2v) is 5.67. The second-order valence-electron chi connectivity index (χ2n) is 4.68. The van der Waals surface area contributed by atoms with Crippen LogP contribution < -0.4 is 10.9 Å². The third-order valence-corrected chi connectivity index (χ3v) is 4.32. The molecular formula is C13H19N3O2S. The van der Waals surface area contributed by atoms with Crippen LogP contribution in [0.5, 0.6) is 0 Å². The van der Waals surface area contributed by atoms with E-state index in [9.17, 15) is 9.59 Å². The molecule has 0 radical (unpaired) electrons. The first-order chi connectivity index (χ1) is 9.22. The van der Waals surface area contributed by atoms with Gasteiger partial charge in [-0.1, -0.05) is 31.5 Å². The molecule has 1 N–H and O–H groups in total. The maximum Gasteiger partial charge on any atom is 0.254 e. The van der Waals surface area contributed by atoms with Gasteiger partial charge in [0, 0.05) is 31.1 Å². The average Bonchev–Trinajstić information content (AvgIpc) is 2.43. The number of amides is 1. The van der Waals surface area contributed by atoms with Gasteiger partial charge >= 0.3 is 0 Å². The third kappa shape index (κ3) is 3.59. The number of unbranched alkanes of at least 4 members (excludes halogenated alkanes) is 2. The van der Waals surface area contributed by atoms with E-state index in [1.54, 1.807) is 4.57 Å². The highest BCUT2D eigenvalue weighted by Gasteiger charge is 2.25. The monoisotopic (exact) mass is 281 g/mol. The first-order valence-corrected chi connectivity index (χ1v) is 7.67. The summed E-state index contributed by atoms with van der Waals surface area (Å²) in [6.45, 7) is 3.30. The van der Waals surface area contributed by atoms with E-state index in [2.05, 4.69) is 17.2 Å². The van der Waals surface area contributed by atoms with Crippen molar-refractivity contribution in [1.29, 1.82) is 0 Å². The summed E-state index contributed by atoms with van der Waals surface area (Å²) in [5.74, 6) is 0.599. The molecular weight excluding hydrogens is 262 g/mol. The van der Waals surface area contributed by atoms with Gasteiger partial charge in [0.15, 0.2) is 5.16 Å². The van der Waals surface area contributed by atoms with Gasteiger partial charge in [0.2, 0.25) is 5.91 Å². The van der Waals surface area contributed by atoms with Crippen LogP contribution >= 0.6 is 11.8 Å². The fourth-order valence-electron chi connectivity index (χ4n) is 2.04. The minimum Gasteiger partial charge on any atom is -0.356 e. The molecule has 0 spiro atoms. The van der Waals surface area contributed by atoms with Gasteiger partial charge in [-0.15, -0.1) is 0 Å². The molecule has 0 aliphatic carbocycles. The fraction of sp³-hybridized carbons (Fsp3) is 0.615. The molecule has 0 aromatic carbocycles. The van der Waals surface area contributed by atoms with E-state index in [-0.39, 0.29) is 17.4 Å². The molecule has 2 rings (SSSR count). The van der Waals surface area contributed by atoms with Gasteiger partial charge in [-0.05, 0) is 6.42 Å². The van der Waals surface area contributed by atoms with Crippen LogP contribution in [0.1, 0.15) is 26.2 Å². The van der Waals surface area contributed by atoms with Crippen LogP contribution in [0.15, 0.2) is 22.2 Å². The average molecular weight is 281 g/mol. The van der Waals surface area contributed by atoms with Crippen molar-refractivity contribution in [3.05, 3.63) is 22.6 Å². The Morgan fingerprint density at radius 3 is 3.21 bits per heavy atom. The van der Waals surface area contributed by atoms with Gasteiger partial charge in [0.1, 0.15) is 0 Å². The lowest BCUT2D eigenvalue weighted by Gasteiger charge is -2.23. The molecule has 5 nitrogen and oxygen atoms in total. The van der Waals surface area contributed by atoms with Crippen molar-refractivity contribution >= 4 is 17.7 Å². The van der Waals surface area contributed by atoms with Crippen LogP contribution in [-0.4, -0.2) is 27.8 Å². The Morgan fingerprint density at radius 1 is 1.58 bits per heavy atom. The van der Waals surface area contributed by atoms with Crippen molar-refractivity contribution in [3.8, 4) is 0 Å². The highest BCUT2D eigenvalue weighted by Crippen LogP contribution is 2.24. The Bertz CT molecular complexity index is 501. The number of hydrogen-bond donors (Lipinski definition) is 1. The summed E-state index contributed by atoms with van der Waals surface area (Å²) >= 11 is 1.47. The Morgan fingerprint density at radius 2 is 2.42 bits per heavy atom. The predicted molar refractivity (Wildman–Crippen MR) is 75.2 cm³/mol. The molecule has 104 valence electrons. The molecule has 1 aliphatic heterocycles. The quantitative estimate of drug-likeness (QED) is 0.652. The summed E-state index contributed by atoms with van der Waals surface area (Å²) in [4.78, 5) is 27.9. The van der Waals surface area contributed by atoms with Crippen molar-refractivity contribution < 1.29 is 4.79 Å². The molecule has 0 fully saturated rings. The van der Waals surface area contributed by atoms with Crippen LogP contribution in [0.3, 0.4) is 0 Å². The lowest BCUT2D eigenvalue weighted by Crippen LogP contribution is -2.40. The van der Waals surface area contributed by atoms with Crippen molar-refractivity contribution in [1.82, 2.24) is 14.9 Å². The third-order valence-electron chi connectivity index (χ3n) is 3.17. The van der Waals surface area contributed by atoms with Crippen molar-refractivity contribution in [2.24, 2.45) is 5.92 Å². The van der Waals surface area contributed by atoms with Gasteiger partial charge in [-0.25, -0.2) is 4.98 Å². The van der Waals surface area contributed by atoms with Crippen molar-refractivity contribution in [2.75, 3.05) is 12.3 Å². The second kappa shape index (κ2) is 6.75. The highest BCUT2D eigenvalue weighted by atomic mass is 32.2. The number of thioether (sulfide) groups is 1. The van der Waals surface area contributed by atoms with Crippen LogP contribution in [-0.2, 0) is 11.3 Å². The summed E-state index contributed by atoms with van der Waals surface area (Å²) in [5.41, 5.74) is -0.0824. The minimum atomic E-state index is -0.138. The Hall–Kier alpha value is -1.30. The zero-order chi connectivity index (χ0) is 13.7. The maximum atomic E-state index is 12.0. The van der Waals surface area contributed by atoms with E-state index in [4.69, 9.17) is 0 Å². The van der Waals surface area contributed by atoms with Crippen LogP contribution in [0.25, 0.3) is 0 Å². The number of carbonyl (C=O) groups excluding carboxylic acids is 1. The standard InChI is InChI=1S/C13H19N3O2S/c1-2-3-4-6-14-12(18)10-8-16-11(17)5-7-15-13(16)19-9-10/h5,7,10H,2-4,6,8-9H2,1H3,(H,14,18). The molecule has 19 heavy (non-hydrogen) atoms. The van der Waals surface area contributed by atoms with Gasteiger partial charge < -0.3 is 5.32 Å². The number of rotatable bonds is 5.